The number of carbonyl (C=O) groups excluding carboxylic acids is 1. The van der Waals surface area contributed by atoms with Crippen molar-refractivity contribution in [1.82, 2.24) is 5.32 Å². The van der Waals surface area contributed by atoms with E-state index in [2.05, 4.69) is 10.0 Å². The topological polar surface area (TPSA) is 122 Å². The molecule has 3 N–H and O–H groups in total. The maximum Gasteiger partial charge on any atom is 0.308 e. The van der Waals surface area contributed by atoms with Crippen LogP contribution in [0.15, 0.2) is 24.3 Å². The number of carboxylic acids is 1. The average Bonchev–Trinajstić information content (AvgIpc) is 2.46. The van der Waals surface area contributed by atoms with Crippen molar-refractivity contribution in [2.24, 2.45) is 5.92 Å². The smallest absolute Gasteiger partial charge is 0.308 e. The summed E-state index contributed by atoms with van der Waals surface area (Å²) < 4.78 is 31.8. The van der Waals surface area contributed by atoms with Crippen LogP contribution >= 0.6 is 0 Å². The maximum atomic E-state index is 12.0. The van der Waals surface area contributed by atoms with Crippen molar-refractivity contribution >= 4 is 27.6 Å². The van der Waals surface area contributed by atoms with Crippen molar-refractivity contribution in [2.75, 3.05) is 10.5 Å². The van der Waals surface area contributed by atoms with Gasteiger partial charge in [-0.25, -0.2) is 8.42 Å². The van der Waals surface area contributed by atoms with E-state index in [4.69, 9.17) is 9.84 Å². The quantitative estimate of drug-likeness (QED) is 0.603. The Balaban J connectivity index is 2.63. The average molecular weight is 372 g/mol. The molecule has 0 aliphatic rings. The van der Waals surface area contributed by atoms with E-state index in [9.17, 15) is 18.0 Å². The largest absolute Gasteiger partial charge is 0.491 e. The summed E-state index contributed by atoms with van der Waals surface area (Å²) in [4.78, 5) is 22.7. The van der Waals surface area contributed by atoms with E-state index in [1.54, 1.807) is 12.1 Å². The van der Waals surface area contributed by atoms with Gasteiger partial charge in [-0.2, -0.15) is 0 Å². The summed E-state index contributed by atoms with van der Waals surface area (Å²) in [5.74, 6) is -2.86. The van der Waals surface area contributed by atoms with E-state index in [1.165, 1.54) is 26.0 Å². The van der Waals surface area contributed by atoms with E-state index >= 15 is 0 Å². The Bertz CT molecular complexity index is 700. The van der Waals surface area contributed by atoms with Crippen LogP contribution in [0.3, 0.4) is 0 Å². The SMILES string of the molecule is CC(C)Oc1ccc(NS(=O)(=O)CC(=O)NC(C)C(C)C(=O)O)cc1. The third-order valence-corrected chi connectivity index (χ3v) is 4.54. The molecule has 1 aromatic carbocycles. The monoisotopic (exact) mass is 372 g/mol. The minimum absolute atomic E-state index is 0.00132. The van der Waals surface area contributed by atoms with Crippen LogP contribution in [0.4, 0.5) is 5.69 Å². The predicted molar refractivity (Wildman–Crippen MR) is 94.0 cm³/mol. The molecule has 0 saturated carbocycles. The van der Waals surface area contributed by atoms with Crippen LogP contribution in [0.25, 0.3) is 0 Å². The van der Waals surface area contributed by atoms with Gasteiger partial charge in [-0.1, -0.05) is 0 Å². The van der Waals surface area contributed by atoms with E-state index < -0.39 is 39.6 Å². The molecule has 140 valence electrons. The molecule has 2 unspecified atom stereocenters. The first-order chi connectivity index (χ1) is 11.5. The third kappa shape index (κ3) is 7.42. The highest BCUT2D eigenvalue weighted by atomic mass is 32.2. The standard InChI is InChI=1S/C16H24N2O6S/c1-10(2)24-14-7-5-13(6-8-14)18-25(22,23)9-15(19)17-12(4)11(3)16(20)21/h5-8,10-12,18H,9H2,1-4H3,(H,17,19)(H,20,21). The van der Waals surface area contributed by atoms with Gasteiger partial charge in [0, 0.05) is 11.7 Å². The van der Waals surface area contributed by atoms with Crippen LogP contribution < -0.4 is 14.8 Å². The minimum atomic E-state index is -3.91. The number of ether oxygens (including phenoxy) is 1. The molecule has 9 heteroatoms. The number of sulfonamides is 1. The second kappa shape index (κ2) is 8.70. The number of anilines is 1. The van der Waals surface area contributed by atoms with Crippen molar-refractivity contribution in [3.63, 3.8) is 0 Å². The number of amides is 1. The molecule has 1 aromatic rings. The zero-order valence-corrected chi connectivity index (χ0v) is 15.5. The Morgan fingerprint density at radius 1 is 1.12 bits per heavy atom. The van der Waals surface area contributed by atoms with Gasteiger partial charge in [0.1, 0.15) is 11.5 Å². The number of rotatable bonds is 9. The lowest BCUT2D eigenvalue weighted by atomic mass is 10.0. The molecule has 0 radical (unpaired) electrons. The molecule has 0 bridgehead atoms. The first-order valence-corrected chi connectivity index (χ1v) is 9.45. The fourth-order valence-corrected chi connectivity index (χ4v) is 2.89. The van der Waals surface area contributed by atoms with E-state index in [0.717, 1.165) is 0 Å². The molecular formula is C16H24N2O6S. The highest BCUT2D eigenvalue weighted by Gasteiger charge is 2.23. The van der Waals surface area contributed by atoms with Crippen molar-refractivity contribution in [1.29, 1.82) is 0 Å². The molecule has 0 heterocycles. The number of benzene rings is 1. The zero-order valence-electron chi connectivity index (χ0n) is 14.6. The molecule has 1 amide bonds. The lowest BCUT2D eigenvalue weighted by Crippen LogP contribution is -2.43. The second-order valence-electron chi connectivity index (χ2n) is 6.04. The zero-order chi connectivity index (χ0) is 19.2. The summed E-state index contributed by atoms with van der Waals surface area (Å²) in [5.41, 5.74) is 0.302. The second-order valence-corrected chi connectivity index (χ2v) is 7.76. The number of nitrogens with one attached hydrogen (secondary N) is 2. The van der Waals surface area contributed by atoms with Crippen molar-refractivity contribution < 1.29 is 27.9 Å². The summed E-state index contributed by atoms with van der Waals surface area (Å²) >= 11 is 0. The number of carbonyl (C=O) groups is 2. The summed E-state index contributed by atoms with van der Waals surface area (Å²) in [5, 5.41) is 11.3. The lowest BCUT2D eigenvalue weighted by molar-refractivity contribution is -0.142. The molecular weight excluding hydrogens is 348 g/mol. The van der Waals surface area contributed by atoms with Gasteiger partial charge >= 0.3 is 5.97 Å². The fraction of sp³-hybridized carbons (Fsp3) is 0.500. The summed E-state index contributed by atoms with van der Waals surface area (Å²) in [6, 6.07) is 5.61. The molecule has 0 fully saturated rings. The van der Waals surface area contributed by atoms with Gasteiger partial charge in [0.05, 0.1) is 12.0 Å². The van der Waals surface area contributed by atoms with Crippen LogP contribution in [-0.4, -0.2) is 43.3 Å². The summed E-state index contributed by atoms with van der Waals surface area (Å²) in [7, 11) is -3.91. The minimum Gasteiger partial charge on any atom is -0.491 e. The highest BCUT2D eigenvalue weighted by Crippen LogP contribution is 2.17. The normalized spacial score (nSPS) is 13.8. The molecule has 25 heavy (non-hydrogen) atoms. The molecule has 1 rings (SSSR count). The maximum absolute atomic E-state index is 12.0. The van der Waals surface area contributed by atoms with Gasteiger partial charge in [-0.3, -0.25) is 14.3 Å². The van der Waals surface area contributed by atoms with E-state index in [-0.39, 0.29) is 6.10 Å². The van der Waals surface area contributed by atoms with Crippen LogP contribution in [-0.2, 0) is 19.6 Å². The molecule has 0 aliphatic carbocycles. The molecule has 0 spiro atoms. The van der Waals surface area contributed by atoms with Gasteiger partial charge in [0.2, 0.25) is 15.9 Å². The van der Waals surface area contributed by atoms with Crippen LogP contribution in [0.2, 0.25) is 0 Å². The lowest BCUT2D eigenvalue weighted by Gasteiger charge is -2.18. The number of aliphatic carboxylic acids is 1. The summed E-state index contributed by atoms with van der Waals surface area (Å²) in [6.45, 7) is 6.69. The first kappa shape index (κ1) is 20.8. The Labute approximate surface area is 147 Å². The fourth-order valence-electron chi connectivity index (χ4n) is 1.90. The Hall–Kier alpha value is -2.29. The van der Waals surface area contributed by atoms with Gasteiger partial charge in [0.15, 0.2) is 0 Å². The number of carboxylic acid groups (broad SMARTS) is 1. The van der Waals surface area contributed by atoms with E-state index in [1.807, 2.05) is 13.8 Å². The number of hydrogen-bond acceptors (Lipinski definition) is 5. The Kier molecular flexibility index (Phi) is 7.22. The third-order valence-electron chi connectivity index (χ3n) is 3.35. The van der Waals surface area contributed by atoms with Crippen LogP contribution in [0.1, 0.15) is 27.7 Å². The van der Waals surface area contributed by atoms with Crippen molar-refractivity contribution in [2.45, 2.75) is 39.8 Å². The molecule has 0 saturated heterocycles. The van der Waals surface area contributed by atoms with Gasteiger partial charge in [-0.15, -0.1) is 0 Å². The summed E-state index contributed by atoms with van der Waals surface area (Å²) in [6.07, 6.45) is 0.00132. The molecule has 0 aromatic heterocycles. The van der Waals surface area contributed by atoms with Crippen molar-refractivity contribution in [3.8, 4) is 5.75 Å². The highest BCUT2D eigenvalue weighted by molar-refractivity contribution is 7.93. The molecule has 0 aliphatic heterocycles. The van der Waals surface area contributed by atoms with Gasteiger partial charge in [-0.05, 0) is 52.0 Å². The Morgan fingerprint density at radius 3 is 2.16 bits per heavy atom. The van der Waals surface area contributed by atoms with Crippen LogP contribution in [0.5, 0.6) is 5.75 Å². The van der Waals surface area contributed by atoms with Crippen LogP contribution in [0, 0.1) is 5.92 Å². The van der Waals surface area contributed by atoms with Gasteiger partial charge < -0.3 is 15.2 Å². The predicted octanol–water partition coefficient (Wildman–Crippen LogP) is 1.44. The van der Waals surface area contributed by atoms with Crippen molar-refractivity contribution in [3.05, 3.63) is 24.3 Å². The first-order valence-electron chi connectivity index (χ1n) is 7.79. The Morgan fingerprint density at radius 2 is 1.68 bits per heavy atom. The van der Waals surface area contributed by atoms with E-state index in [0.29, 0.717) is 11.4 Å². The number of hydrogen-bond donors (Lipinski definition) is 3. The molecule has 8 nitrogen and oxygen atoms in total. The molecule has 2 atom stereocenters. The van der Waals surface area contributed by atoms with Gasteiger partial charge in [0.25, 0.3) is 0 Å².